The highest BCUT2D eigenvalue weighted by molar-refractivity contribution is 5.77. The normalized spacial score (nSPS) is 16.2. The van der Waals surface area contributed by atoms with Gasteiger partial charge in [-0.2, -0.15) is 0 Å². The second-order valence-corrected chi connectivity index (χ2v) is 5.41. The fraction of sp³-hybridized carbons (Fsp3) is 0.294. The Morgan fingerprint density at radius 1 is 0.667 bits per heavy atom. The Hall–Kier alpha value is -1.76. The van der Waals surface area contributed by atoms with Crippen LogP contribution in [-0.2, 0) is 25.7 Å². The molecule has 1 nitrogen and oxygen atoms in total. The van der Waals surface area contributed by atoms with E-state index in [2.05, 4.69) is 48.3 Å². The van der Waals surface area contributed by atoms with E-state index in [0.717, 1.165) is 0 Å². The van der Waals surface area contributed by atoms with Gasteiger partial charge >= 0.3 is 0 Å². The maximum Gasteiger partial charge on any atom is 0.0473 e. The number of hydrogen-bond donors (Lipinski definition) is 0. The van der Waals surface area contributed by atoms with Gasteiger partial charge in [-0.05, 0) is 47.9 Å². The third-order valence-corrected chi connectivity index (χ3v) is 4.40. The molecule has 2 aliphatic heterocycles. The van der Waals surface area contributed by atoms with Crippen molar-refractivity contribution in [1.29, 1.82) is 0 Å². The summed E-state index contributed by atoms with van der Waals surface area (Å²) in [6, 6.07) is 13.6. The van der Waals surface area contributed by atoms with Crippen molar-refractivity contribution in [2.45, 2.75) is 25.7 Å². The molecule has 0 aliphatic carbocycles. The Labute approximate surface area is 108 Å². The zero-order valence-electron chi connectivity index (χ0n) is 10.7. The Kier molecular flexibility index (Phi) is 2.05. The number of para-hydroxylation sites is 2. The van der Waals surface area contributed by atoms with Gasteiger partial charge in [-0.25, -0.2) is 0 Å². The van der Waals surface area contributed by atoms with Crippen LogP contribution in [0.4, 0.5) is 11.4 Å². The van der Waals surface area contributed by atoms with Crippen molar-refractivity contribution in [2.24, 2.45) is 0 Å². The van der Waals surface area contributed by atoms with Gasteiger partial charge in [-0.1, -0.05) is 36.4 Å². The molecule has 0 radical (unpaired) electrons. The van der Waals surface area contributed by atoms with Crippen LogP contribution in [0.3, 0.4) is 0 Å². The topological polar surface area (TPSA) is 3.24 Å². The quantitative estimate of drug-likeness (QED) is 0.673. The van der Waals surface area contributed by atoms with E-state index in [1.54, 1.807) is 0 Å². The summed E-state index contributed by atoms with van der Waals surface area (Å²) in [5, 5.41) is 0. The van der Waals surface area contributed by atoms with E-state index >= 15 is 0 Å². The van der Waals surface area contributed by atoms with E-state index in [1.807, 2.05) is 0 Å². The molecule has 0 N–H and O–H groups in total. The summed E-state index contributed by atoms with van der Waals surface area (Å²) in [6.07, 6.45) is 4.68. The summed E-state index contributed by atoms with van der Waals surface area (Å²) in [5.74, 6) is 0. The summed E-state index contributed by atoms with van der Waals surface area (Å²) in [4.78, 5) is 2.44. The minimum absolute atomic E-state index is 1.17. The summed E-state index contributed by atoms with van der Waals surface area (Å²) >= 11 is 0. The number of hydrogen-bond acceptors (Lipinski definition) is 1. The van der Waals surface area contributed by atoms with Gasteiger partial charge in [0.1, 0.15) is 0 Å². The maximum atomic E-state index is 2.44. The van der Waals surface area contributed by atoms with E-state index in [-0.39, 0.29) is 0 Å². The molecule has 2 aliphatic rings. The Morgan fingerprint density at radius 3 is 1.33 bits per heavy atom. The summed E-state index contributed by atoms with van der Waals surface area (Å²) in [6.45, 7) is 0. The Bertz CT molecular complexity index is 528. The fourth-order valence-corrected chi connectivity index (χ4v) is 3.61. The zero-order chi connectivity index (χ0) is 12.1. The summed E-state index contributed by atoms with van der Waals surface area (Å²) < 4.78 is 0. The highest BCUT2D eigenvalue weighted by Gasteiger charge is 2.25. The lowest BCUT2D eigenvalue weighted by Gasteiger charge is -2.24. The van der Waals surface area contributed by atoms with Crippen LogP contribution in [0.25, 0.3) is 0 Å². The van der Waals surface area contributed by atoms with Crippen LogP contribution >= 0.6 is 0 Å². The fourth-order valence-electron chi connectivity index (χ4n) is 3.61. The average molecular weight is 235 g/mol. The predicted octanol–water partition coefficient (Wildman–Crippen LogP) is 3.65. The molecule has 0 saturated carbocycles. The maximum absolute atomic E-state index is 2.44. The molecule has 90 valence electrons. The van der Waals surface area contributed by atoms with Crippen molar-refractivity contribution in [3.63, 3.8) is 0 Å². The number of aryl methyl sites for hydroxylation is 4. The van der Waals surface area contributed by atoms with E-state index in [4.69, 9.17) is 0 Å². The predicted molar refractivity (Wildman–Crippen MR) is 75.8 cm³/mol. The minimum Gasteiger partial charge on any atom is -0.344 e. The molecular weight excluding hydrogens is 218 g/mol. The molecule has 0 unspecified atom stereocenters. The summed E-state index contributed by atoms with van der Waals surface area (Å²) in [5.41, 5.74) is 9.00. The highest BCUT2D eigenvalue weighted by Crippen LogP contribution is 2.42. The van der Waals surface area contributed by atoms with Crippen LogP contribution < -0.4 is 4.90 Å². The van der Waals surface area contributed by atoms with E-state index in [9.17, 15) is 0 Å². The zero-order valence-corrected chi connectivity index (χ0v) is 10.7. The molecule has 2 aromatic carbocycles. The lowest BCUT2D eigenvalue weighted by Crippen LogP contribution is -2.12. The van der Waals surface area contributed by atoms with Crippen molar-refractivity contribution >= 4 is 11.4 Å². The van der Waals surface area contributed by atoms with Crippen molar-refractivity contribution in [3.8, 4) is 0 Å². The van der Waals surface area contributed by atoms with Crippen LogP contribution in [0.2, 0.25) is 0 Å². The minimum atomic E-state index is 1.17. The molecule has 0 saturated heterocycles. The van der Waals surface area contributed by atoms with Gasteiger partial charge in [0.25, 0.3) is 0 Å². The molecule has 4 rings (SSSR count). The van der Waals surface area contributed by atoms with Crippen molar-refractivity contribution < 1.29 is 0 Å². The molecule has 0 fully saturated rings. The third-order valence-electron chi connectivity index (χ3n) is 4.40. The SMILES string of the molecule is CN1c2c3cccc2CCc2cccc(c21)CC3. The standard InChI is InChI=1S/C17H17N/c1-18-16-12-4-2-5-13(16)9-11-15-7-3-6-14(10-8-12)17(15)18/h2-7H,8-11H2,1H3. The van der Waals surface area contributed by atoms with Gasteiger partial charge in [0, 0.05) is 18.4 Å². The molecule has 2 aromatic rings. The lowest BCUT2D eigenvalue weighted by atomic mass is 9.95. The van der Waals surface area contributed by atoms with Crippen molar-refractivity contribution in [3.05, 3.63) is 58.7 Å². The van der Waals surface area contributed by atoms with Gasteiger partial charge in [0.15, 0.2) is 0 Å². The molecule has 18 heavy (non-hydrogen) atoms. The molecule has 0 aromatic heterocycles. The second-order valence-electron chi connectivity index (χ2n) is 5.41. The number of nitrogens with zero attached hydrogens (tertiary/aromatic N) is 1. The average Bonchev–Trinajstić information content (AvgIpc) is 2.64. The number of benzene rings is 2. The largest absolute Gasteiger partial charge is 0.344 e. The lowest BCUT2D eigenvalue weighted by molar-refractivity contribution is 0.932. The first kappa shape index (κ1) is 10.2. The smallest absolute Gasteiger partial charge is 0.0473 e. The van der Waals surface area contributed by atoms with Crippen LogP contribution in [0.5, 0.6) is 0 Å². The second kappa shape index (κ2) is 3.61. The van der Waals surface area contributed by atoms with Crippen LogP contribution in [0, 0.1) is 0 Å². The van der Waals surface area contributed by atoms with Gasteiger partial charge < -0.3 is 4.90 Å². The van der Waals surface area contributed by atoms with E-state index < -0.39 is 0 Å². The first-order valence-corrected chi connectivity index (χ1v) is 6.80. The Balaban J connectivity index is 2.08. The van der Waals surface area contributed by atoms with Crippen LogP contribution in [0.15, 0.2) is 36.4 Å². The molecule has 2 heterocycles. The summed E-state index contributed by atoms with van der Waals surface area (Å²) in [7, 11) is 2.24. The molecule has 2 bridgehead atoms. The van der Waals surface area contributed by atoms with Crippen LogP contribution in [-0.4, -0.2) is 7.05 Å². The number of anilines is 2. The van der Waals surface area contributed by atoms with Crippen LogP contribution in [0.1, 0.15) is 22.3 Å². The molecular formula is C17H17N. The van der Waals surface area contributed by atoms with Crippen molar-refractivity contribution in [2.75, 3.05) is 11.9 Å². The van der Waals surface area contributed by atoms with Gasteiger partial charge in [0.05, 0.1) is 0 Å². The third kappa shape index (κ3) is 1.28. The van der Waals surface area contributed by atoms with Gasteiger partial charge in [0.2, 0.25) is 0 Å². The molecule has 0 spiro atoms. The monoisotopic (exact) mass is 235 g/mol. The molecule has 0 atom stereocenters. The molecule has 0 amide bonds. The van der Waals surface area contributed by atoms with Gasteiger partial charge in [-0.3, -0.25) is 0 Å². The first-order chi connectivity index (χ1) is 8.84. The van der Waals surface area contributed by atoms with E-state index in [1.165, 1.54) is 59.3 Å². The first-order valence-electron chi connectivity index (χ1n) is 6.80. The van der Waals surface area contributed by atoms with Gasteiger partial charge in [-0.15, -0.1) is 0 Å². The number of rotatable bonds is 0. The highest BCUT2D eigenvalue weighted by atomic mass is 15.1. The van der Waals surface area contributed by atoms with E-state index in [0.29, 0.717) is 0 Å². The molecule has 1 heteroatoms. The van der Waals surface area contributed by atoms with Crippen molar-refractivity contribution in [1.82, 2.24) is 0 Å². The Morgan fingerprint density at radius 2 is 1.00 bits per heavy atom.